The molecule has 0 unspecified atom stereocenters. The lowest BCUT2D eigenvalue weighted by Crippen LogP contribution is -2.58. The maximum Gasteiger partial charge on any atom is 0.416 e. The molecule has 6 nitrogen and oxygen atoms in total. The summed E-state index contributed by atoms with van der Waals surface area (Å²) in [5.41, 5.74) is -2.35. The van der Waals surface area contributed by atoms with Crippen LogP contribution in [0.25, 0.3) is 0 Å². The molecule has 0 saturated carbocycles. The summed E-state index contributed by atoms with van der Waals surface area (Å²) in [4.78, 5) is 19.4. The monoisotopic (exact) mass is 587 g/mol. The molecule has 0 bridgehead atoms. The van der Waals surface area contributed by atoms with Crippen molar-refractivity contribution in [2.75, 3.05) is 45.9 Å². The van der Waals surface area contributed by atoms with Gasteiger partial charge < -0.3 is 14.7 Å². The van der Waals surface area contributed by atoms with E-state index in [9.17, 15) is 36.2 Å². The highest BCUT2D eigenvalue weighted by atomic mass is 19.4. The van der Waals surface area contributed by atoms with Crippen molar-refractivity contribution in [1.29, 1.82) is 0 Å². The van der Waals surface area contributed by atoms with Crippen molar-refractivity contribution < 1.29 is 41.0 Å². The number of aromatic hydroxyl groups is 1. The Morgan fingerprint density at radius 1 is 0.927 bits per heavy atom. The van der Waals surface area contributed by atoms with Crippen LogP contribution in [0.5, 0.6) is 5.75 Å². The van der Waals surface area contributed by atoms with Crippen LogP contribution in [0.4, 0.5) is 26.3 Å². The van der Waals surface area contributed by atoms with Gasteiger partial charge in [-0.05, 0) is 62.6 Å². The highest BCUT2D eigenvalue weighted by molar-refractivity contribution is 5.95. The topological polar surface area (TPSA) is 56.2 Å². The van der Waals surface area contributed by atoms with Gasteiger partial charge in [0.15, 0.2) is 0 Å². The fraction of sp³-hybridized carbons (Fsp3) is 0.552. The van der Waals surface area contributed by atoms with Gasteiger partial charge in [-0.2, -0.15) is 26.3 Å². The van der Waals surface area contributed by atoms with Gasteiger partial charge in [-0.15, -0.1) is 0 Å². The number of rotatable bonds is 6. The van der Waals surface area contributed by atoms with Gasteiger partial charge in [0.25, 0.3) is 5.91 Å². The number of phenolic OH excluding ortho intramolecular Hbond substituents is 1. The smallest absolute Gasteiger partial charge is 0.416 e. The molecule has 0 spiro atoms. The summed E-state index contributed by atoms with van der Waals surface area (Å²) in [5.74, 6) is -0.825. The van der Waals surface area contributed by atoms with Crippen molar-refractivity contribution in [2.45, 2.75) is 57.7 Å². The molecule has 2 heterocycles. The van der Waals surface area contributed by atoms with Gasteiger partial charge >= 0.3 is 12.4 Å². The Morgan fingerprint density at radius 2 is 1.54 bits per heavy atom. The number of benzene rings is 2. The molecule has 2 aliphatic heterocycles. The van der Waals surface area contributed by atoms with Crippen molar-refractivity contribution >= 4 is 5.91 Å². The Kier molecular flexibility index (Phi) is 9.25. The quantitative estimate of drug-likeness (QED) is 0.470. The summed E-state index contributed by atoms with van der Waals surface area (Å²) in [6.45, 7) is 9.51. The van der Waals surface area contributed by atoms with E-state index >= 15 is 0 Å². The molecule has 4 rings (SSSR count). The molecule has 0 aliphatic carbocycles. The maximum absolute atomic E-state index is 13.6. The molecule has 41 heavy (non-hydrogen) atoms. The van der Waals surface area contributed by atoms with E-state index in [0.717, 1.165) is 6.54 Å². The van der Waals surface area contributed by atoms with Crippen LogP contribution < -0.4 is 0 Å². The number of aryl methyl sites for hydroxylation is 1. The van der Waals surface area contributed by atoms with Gasteiger partial charge in [-0.3, -0.25) is 14.6 Å². The number of morpholine rings is 1. The van der Waals surface area contributed by atoms with E-state index in [4.69, 9.17) is 4.74 Å². The number of hydrogen-bond donors (Lipinski definition) is 1. The van der Waals surface area contributed by atoms with Crippen molar-refractivity contribution in [3.05, 3.63) is 64.2 Å². The Labute approximate surface area is 235 Å². The van der Waals surface area contributed by atoms with Crippen LogP contribution in [0.15, 0.2) is 36.4 Å². The molecular weight excluding hydrogens is 552 g/mol. The minimum Gasteiger partial charge on any atom is -0.508 e. The number of alkyl halides is 6. The third-order valence-electron chi connectivity index (χ3n) is 7.93. The SMILES string of the molecule is Cc1ccc(C[C@@H]2CN(CCN3[C@@H](C)COC[C@@H]3C)CCN2C(=O)c2cc(C(F)(F)F)cc(C(F)(F)F)c2)cc1O. The van der Waals surface area contributed by atoms with E-state index in [1.807, 2.05) is 0 Å². The van der Waals surface area contributed by atoms with Crippen LogP contribution in [0.2, 0.25) is 0 Å². The highest BCUT2D eigenvalue weighted by Gasteiger charge is 2.39. The summed E-state index contributed by atoms with van der Waals surface area (Å²) in [6, 6.07) is 6.01. The first kappa shape index (κ1) is 31.1. The third-order valence-corrected chi connectivity index (χ3v) is 7.93. The lowest BCUT2D eigenvalue weighted by atomic mass is 9.98. The van der Waals surface area contributed by atoms with Crippen LogP contribution in [-0.4, -0.2) is 89.8 Å². The molecule has 1 amide bonds. The van der Waals surface area contributed by atoms with Gasteiger partial charge in [0.1, 0.15) is 5.75 Å². The van der Waals surface area contributed by atoms with Crippen LogP contribution >= 0.6 is 0 Å². The first-order chi connectivity index (χ1) is 19.1. The lowest BCUT2D eigenvalue weighted by Gasteiger charge is -2.44. The summed E-state index contributed by atoms with van der Waals surface area (Å²) in [6.07, 6.45) is -9.84. The molecule has 0 radical (unpaired) electrons. The van der Waals surface area contributed by atoms with E-state index in [1.165, 1.54) is 4.90 Å². The molecule has 12 heteroatoms. The van der Waals surface area contributed by atoms with Gasteiger partial charge in [0, 0.05) is 56.4 Å². The number of piperazine rings is 1. The number of nitrogens with zero attached hydrogens (tertiary/aromatic N) is 3. The number of ether oxygens (including phenoxy) is 1. The van der Waals surface area contributed by atoms with E-state index in [0.29, 0.717) is 56.1 Å². The molecule has 2 aliphatic rings. The van der Waals surface area contributed by atoms with Crippen molar-refractivity contribution in [3.63, 3.8) is 0 Å². The predicted molar refractivity (Wildman–Crippen MR) is 141 cm³/mol. The van der Waals surface area contributed by atoms with E-state index in [1.54, 1.807) is 25.1 Å². The zero-order chi connectivity index (χ0) is 30.1. The Morgan fingerprint density at radius 3 is 2.10 bits per heavy atom. The Hall–Kier alpha value is -2.83. The van der Waals surface area contributed by atoms with E-state index in [2.05, 4.69) is 23.6 Å². The van der Waals surface area contributed by atoms with Gasteiger partial charge in [0.05, 0.1) is 24.3 Å². The number of phenols is 1. The minimum absolute atomic E-state index is 0.0227. The molecule has 2 fully saturated rings. The molecule has 2 aromatic rings. The molecular formula is C29H35F6N3O3. The average molecular weight is 588 g/mol. The standard InChI is InChI=1S/C29H35F6N3O3/c1-18-4-5-21(11-26(18)39)10-25-15-36(6-8-37-19(2)16-41-17-20(37)3)7-9-38(25)27(40)22-12-23(28(30,31)32)14-24(13-22)29(33,34)35/h4-5,11-14,19-20,25,39H,6-10,15-17H2,1-3H3/t19-,20-,25+/m0/s1. The maximum atomic E-state index is 13.6. The first-order valence-electron chi connectivity index (χ1n) is 13.6. The van der Waals surface area contributed by atoms with Crippen molar-refractivity contribution in [3.8, 4) is 5.75 Å². The second-order valence-electron chi connectivity index (χ2n) is 11.0. The van der Waals surface area contributed by atoms with Crippen LogP contribution in [-0.2, 0) is 23.5 Å². The molecule has 2 saturated heterocycles. The second kappa shape index (κ2) is 12.2. The number of halogens is 6. The summed E-state index contributed by atoms with van der Waals surface area (Å²) < 4.78 is 86.5. The molecule has 0 aromatic heterocycles. The van der Waals surface area contributed by atoms with E-state index in [-0.39, 0.29) is 36.9 Å². The van der Waals surface area contributed by atoms with Crippen molar-refractivity contribution in [1.82, 2.24) is 14.7 Å². The predicted octanol–water partition coefficient (Wildman–Crippen LogP) is 5.22. The Bertz CT molecular complexity index is 1190. The first-order valence-corrected chi connectivity index (χ1v) is 13.6. The number of carbonyl (C=O) groups excluding carboxylic acids is 1. The summed E-state index contributed by atoms with van der Waals surface area (Å²) >= 11 is 0. The molecule has 226 valence electrons. The molecule has 2 aromatic carbocycles. The summed E-state index contributed by atoms with van der Waals surface area (Å²) in [5, 5.41) is 10.2. The zero-order valence-corrected chi connectivity index (χ0v) is 23.2. The number of carbonyl (C=O) groups is 1. The second-order valence-corrected chi connectivity index (χ2v) is 11.0. The summed E-state index contributed by atoms with van der Waals surface area (Å²) in [7, 11) is 0. The Balaban J connectivity index is 1.60. The van der Waals surface area contributed by atoms with Gasteiger partial charge in [0.2, 0.25) is 0 Å². The molecule has 1 N–H and O–H groups in total. The number of hydrogen-bond acceptors (Lipinski definition) is 5. The fourth-order valence-electron chi connectivity index (χ4n) is 5.60. The van der Waals surface area contributed by atoms with Crippen LogP contribution in [0, 0.1) is 6.92 Å². The van der Waals surface area contributed by atoms with Crippen LogP contribution in [0.3, 0.4) is 0 Å². The highest BCUT2D eigenvalue weighted by Crippen LogP contribution is 2.37. The normalized spacial score (nSPS) is 23.1. The largest absolute Gasteiger partial charge is 0.508 e. The third kappa shape index (κ3) is 7.52. The van der Waals surface area contributed by atoms with E-state index < -0.39 is 41.0 Å². The fourth-order valence-corrected chi connectivity index (χ4v) is 5.60. The lowest BCUT2D eigenvalue weighted by molar-refractivity contribution is -0.143. The average Bonchev–Trinajstić information content (AvgIpc) is 2.89. The van der Waals surface area contributed by atoms with Crippen molar-refractivity contribution in [2.24, 2.45) is 0 Å². The number of amides is 1. The molecule has 3 atom stereocenters. The minimum atomic E-state index is -5.05. The van der Waals surface area contributed by atoms with Gasteiger partial charge in [-0.1, -0.05) is 12.1 Å². The van der Waals surface area contributed by atoms with Crippen LogP contribution in [0.1, 0.15) is 46.5 Å². The van der Waals surface area contributed by atoms with Gasteiger partial charge in [-0.25, -0.2) is 0 Å². The zero-order valence-electron chi connectivity index (χ0n) is 23.2.